The zero-order valence-electron chi connectivity index (χ0n) is 16.2. The summed E-state index contributed by atoms with van der Waals surface area (Å²) >= 11 is 6.36. The van der Waals surface area contributed by atoms with Crippen LogP contribution in [0.15, 0.2) is 67.0 Å². The van der Waals surface area contributed by atoms with Gasteiger partial charge in [0.2, 0.25) is 0 Å². The molecule has 0 unspecified atom stereocenters. The highest BCUT2D eigenvalue weighted by Crippen LogP contribution is 2.34. The second kappa shape index (κ2) is 7.88. The van der Waals surface area contributed by atoms with Crippen molar-refractivity contribution in [3.63, 3.8) is 0 Å². The molecule has 1 aliphatic rings. The summed E-state index contributed by atoms with van der Waals surface area (Å²) in [6.45, 7) is 0. The third-order valence-electron chi connectivity index (χ3n) is 5.71. The van der Waals surface area contributed by atoms with Crippen molar-refractivity contribution in [3.8, 4) is 22.4 Å². The monoisotopic (exact) mass is 402 g/mol. The fraction of sp³-hybridized carbons (Fsp3) is 0.250. The molecule has 0 atom stereocenters. The first-order valence-electron chi connectivity index (χ1n) is 10.2. The maximum absolute atomic E-state index is 6.36. The molecule has 0 radical (unpaired) electrons. The van der Waals surface area contributed by atoms with Crippen LogP contribution in [0.25, 0.3) is 28.0 Å². The molecule has 5 rings (SSSR count). The lowest BCUT2D eigenvalue weighted by Gasteiger charge is -2.24. The number of nitrogens with one attached hydrogen (secondary N) is 1. The van der Waals surface area contributed by atoms with Crippen molar-refractivity contribution in [2.45, 2.75) is 38.1 Å². The Morgan fingerprint density at radius 3 is 2.31 bits per heavy atom. The first-order valence-corrected chi connectivity index (χ1v) is 10.6. The van der Waals surface area contributed by atoms with Crippen molar-refractivity contribution in [2.24, 2.45) is 0 Å². The molecule has 29 heavy (non-hydrogen) atoms. The number of fused-ring (bicyclic) bond motifs is 1. The SMILES string of the molecule is Clc1nccn2c(NC3CCCCC3)c(-c3ccc(-c4ccccc4)cc3)nc12. The summed E-state index contributed by atoms with van der Waals surface area (Å²) in [6, 6.07) is 19.5. The van der Waals surface area contributed by atoms with Gasteiger partial charge in [-0.1, -0.05) is 85.5 Å². The Balaban J connectivity index is 1.56. The molecule has 5 heteroatoms. The number of aromatic nitrogens is 3. The summed E-state index contributed by atoms with van der Waals surface area (Å²) in [5.41, 5.74) is 5.09. The second-order valence-electron chi connectivity index (χ2n) is 7.64. The maximum Gasteiger partial charge on any atom is 0.177 e. The molecule has 4 aromatic rings. The van der Waals surface area contributed by atoms with Crippen molar-refractivity contribution in [1.82, 2.24) is 14.4 Å². The third kappa shape index (κ3) is 3.60. The zero-order chi connectivity index (χ0) is 19.6. The molecular formula is C24H23ClN4. The number of benzene rings is 2. The normalized spacial score (nSPS) is 14.9. The van der Waals surface area contributed by atoms with Gasteiger partial charge >= 0.3 is 0 Å². The maximum atomic E-state index is 6.36. The van der Waals surface area contributed by atoms with Gasteiger partial charge in [-0.15, -0.1) is 0 Å². The number of imidazole rings is 1. The number of halogens is 1. The van der Waals surface area contributed by atoms with Crippen molar-refractivity contribution >= 4 is 23.1 Å². The lowest BCUT2D eigenvalue weighted by molar-refractivity contribution is 0.461. The highest BCUT2D eigenvalue weighted by atomic mass is 35.5. The fourth-order valence-corrected chi connectivity index (χ4v) is 4.37. The summed E-state index contributed by atoms with van der Waals surface area (Å²) in [4.78, 5) is 9.07. The Morgan fingerprint density at radius 2 is 1.55 bits per heavy atom. The summed E-state index contributed by atoms with van der Waals surface area (Å²) in [5.74, 6) is 1.00. The largest absolute Gasteiger partial charge is 0.367 e. The molecule has 0 aliphatic heterocycles. The Hall–Kier alpha value is -2.85. The number of nitrogens with zero attached hydrogens (tertiary/aromatic N) is 3. The third-order valence-corrected chi connectivity index (χ3v) is 5.98. The number of hydrogen-bond acceptors (Lipinski definition) is 3. The van der Waals surface area contributed by atoms with Crippen LogP contribution in [-0.4, -0.2) is 20.4 Å². The van der Waals surface area contributed by atoms with E-state index in [1.54, 1.807) is 6.20 Å². The molecule has 1 aliphatic carbocycles. The van der Waals surface area contributed by atoms with Crippen LogP contribution < -0.4 is 5.32 Å². The molecule has 0 saturated heterocycles. The van der Waals surface area contributed by atoms with Gasteiger partial charge in [0.1, 0.15) is 11.5 Å². The predicted molar refractivity (Wildman–Crippen MR) is 119 cm³/mol. The summed E-state index contributed by atoms with van der Waals surface area (Å²) in [5, 5.41) is 4.18. The lowest BCUT2D eigenvalue weighted by Crippen LogP contribution is -2.23. The van der Waals surface area contributed by atoms with E-state index in [1.807, 2.05) is 16.7 Å². The Kier molecular flexibility index (Phi) is 4.94. The fourth-order valence-electron chi connectivity index (χ4n) is 4.18. The van der Waals surface area contributed by atoms with Crippen LogP contribution in [0.5, 0.6) is 0 Å². The van der Waals surface area contributed by atoms with Crippen LogP contribution in [-0.2, 0) is 0 Å². The number of anilines is 1. The summed E-state index contributed by atoms with van der Waals surface area (Å²) in [6.07, 6.45) is 9.92. The first kappa shape index (κ1) is 18.2. The van der Waals surface area contributed by atoms with Gasteiger partial charge in [-0.25, -0.2) is 9.97 Å². The Morgan fingerprint density at radius 1 is 0.862 bits per heavy atom. The van der Waals surface area contributed by atoms with Crippen LogP contribution in [0.3, 0.4) is 0 Å². The molecule has 146 valence electrons. The average molecular weight is 403 g/mol. The molecule has 1 saturated carbocycles. The zero-order valence-corrected chi connectivity index (χ0v) is 16.9. The van der Waals surface area contributed by atoms with E-state index in [1.165, 1.54) is 43.2 Å². The van der Waals surface area contributed by atoms with Gasteiger partial charge in [0.15, 0.2) is 10.8 Å². The van der Waals surface area contributed by atoms with Gasteiger partial charge < -0.3 is 5.32 Å². The Bertz CT molecular complexity index is 1110. The summed E-state index contributed by atoms with van der Waals surface area (Å²) < 4.78 is 2.03. The quantitative estimate of drug-likeness (QED) is 0.425. The van der Waals surface area contributed by atoms with Crippen LogP contribution in [0.1, 0.15) is 32.1 Å². The highest BCUT2D eigenvalue weighted by Gasteiger charge is 2.21. The molecule has 0 spiro atoms. The molecule has 1 N–H and O–H groups in total. The van der Waals surface area contributed by atoms with E-state index >= 15 is 0 Å². The van der Waals surface area contributed by atoms with E-state index < -0.39 is 0 Å². The topological polar surface area (TPSA) is 42.2 Å². The van der Waals surface area contributed by atoms with E-state index in [2.05, 4.69) is 58.8 Å². The van der Waals surface area contributed by atoms with Gasteiger partial charge in [0, 0.05) is 24.0 Å². The first-order chi connectivity index (χ1) is 14.3. The van der Waals surface area contributed by atoms with Gasteiger partial charge in [-0.05, 0) is 24.0 Å². The van der Waals surface area contributed by atoms with Crippen molar-refractivity contribution in [2.75, 3.05) is 5.32 Å². The average Bonchev–Trinajstić information content (AvgIpc) is 3.15. The van der Waals surface area contributed by atoms with Gasteiger partial charge in [-0.3, -0.25) is 4.40 Å². The van der Waals surface area contributed by atoms with E-state index in [-0.39, 0.29) is 0 Å². The predicted octanol–water partition coefficient (Wildman–Crippen LogP) is 6.46. The standard InChI is InChI=1S/C24H23ClN4/c25-22-24-28-21(19-13-11-18(12-14-19)17-7-3-1-4-8-17)23(29(24)16-15-26-22)27-20-9-5-2-6-10-20/h1,3-4,7-8,11-16,20,27H,2,5-6,9-10H2. The summed E-state index contributed by atoms with van der Waals surface area (Å²) in [7, 11) is 0. The van der Waals surface area contributed by atoms with Crippen LogP contribution in [0.2, 0.25) is 5.15 Å². The van der Waals surface area contributed by atoms with E-state index in [4.69, 9.17) is 16.6 Å². The van der Waals surface area contributed by atoms with Gasteiger partial charge in [-0.2, -0.15) is 0 Å². The number of rotatable bonds is 4. The van der Waals surface area contributed by atoms with Crippen molar-refractivity contribution < 1.29 is 0 Å². The van der Waals surface area contributed by atoms with Crippen molar-refractivity contribution in [3.05, 3.63) is 72.1 Å². The van der Waals surface area contributed by atoms with E-state index in [9.17, 15) is 0 Å². The van der Waals surface area contributed by atoms with Gasteiger partial charge in [0.05, 0.1) is 0 Å². The molecule has 2 aromatic heterocycles. The minimum Gasteiger partial charge on any atom is -0.367 e. The number of hydrogen-bond donors (Lipinski definition) is 1. The second-order valence-corrected chi connectivity index (χ2v) is 8.00. The molecule has 0 bridgehead atoms. The molecule has 2 aromatic carbocycles. The molecule has 2 heterocycles. The van der Waals surface area contributed by atoms with Crippen LogP contribution >= 0.6 is 11.6 Å². The minimum absolute atomic E-state index is 0.423. The molecule has 0 amide bonds. The van der Waals surface area contributed by atoms with E-state index in [0.29, 0.717) is 16.8 Å². The van der Waals surface area contributed by atoms with Crippen molar-refractivity contribution in [1.29, 1.82) is 0 Å². The highest BCUT2D eigenvalue weighted by molar-refractivity contribution is 6.32. The molecule has 4 nitrogen and oxygen atoms in total. The van der Waals surface area contributed by atoms with E-state index in [0.717, 1.165) is 17.1 Å². The minimum atomic E-state index is 0.423. The molecule has 1 fully saturated rings. The van der Waals surface area contributed by atoms with Crippen LogP contribution in [0, 0.1) is 0 Å². The molecular weight excluding hydrogens is 380 g/mol. The lowest BCUT2D eigenvalue weighted by atomic mass is 9.95. The Labute approximate surface area is 175 Å². The smallest absolute Gasteiger partial charge is 0.177 e. The van der Waals surface area contributed by atoms with Crippen LogP contribution in [0.4, 0.5) is 5.82 Å². The van der Waals surface area contributed by atoms with Gasteiger partial charge in [0.25, 0.3) is 0 Å².